The van der Waals surface area contributed by atoms with Gasteiger partial charge in [0.2, 0.25) is 0 Å². The Bertz CT molecular complexity index is 1320. The Hall–Kier alpha value is -3.57. The number of fused-ring (bicyclic) bond motifs is 1. The van der Waals surface area contributed by atoms with Gasteiger partial charge in [0, 0.05) is 18.1 Å². The topological polar surface area (TPSA) is 54.4 Å². The highest BCUT2D eigenvalue weighted by Gasteiger charge is 2.22. The van der Waals surface area contributed by atoms with E-state index in [0.717, 1.165) is 38.6 Å². The molecule has 0 bridgehead atoms. The van der Waals surface area contributed by atoms with Crippen LogP contribution >= 0.6 is 11.8 Å². The van der Waals surface area contributed by atoms with E-state index in [1.54, 1.807) is 7.11 Å². The molecule has 3 aromatic carbocycles. The number of carbonyl (C=O) groups is 1. The minimum Gasteiger partial charge on any atom is -0.497 e. The van der Waals surface area contributed by atoms with Crippen LogP contribution in [0.25, 0.3) is 28.1 Å². The van der Waals surface area contributed by atoms with Gasteiger partial charge in [-0.2, -0.15) is 0 Å². The van der Waals surface area contributed by atoms with Crippen molar-refractivity contribution in [2.45, 2.75) is 6.42 Å². The van der Waals surface area contributed by atoms with Gasteiger partial charge in [0.15, 0.2) is 0 Å². The second-order valence-electron chi connectivity index (χ2n) is 7.35. The SMILES string of the molecule is COc1ccc(-c2ccc(C=C3SC(Cc4ccc5[nH]ccc5c4)=NC3=O)cc2)cc1. The summed E-state index contributed by atoms with van der Waals surface area (Å²) in [6.45, 7) is 0. The fourth-order valence-electron chi connectivity index (χ4n) is 3.62. The van der Waals surface area contributed by atoms with Gasteiger partial charge in [-0.3, -0.25) is 4.79 Å². The molecule has 0 radical (unpaired) electrons. The Morgan fingerprint density at radius 3 is 2.45 bits per heavy atom. The normalized spacial score (nSPS) is 14.9. The lowest BCUT2D eigenvalue weighted by Gasteiger charge is -2.05. The number of amides is 1. The maximum absolute atomic E-state index is 12.4. The summed E-state index contributed by atoms with van der Waals surface area (Å²) >= 11 is 1.46. The fourth-order valence-corrected chi connectivity index (χ4v) is 4.57. The van der Waals surface area contributed by atoms with E-state index in [-0.39, 0.29) is 5.91 Å². The molecule has 31 heavy (non-hydrogen) atoms. The van der Waals surface area contributed by atoms with E-state index in [1.165, 1.54) is 17.1 Å². The summed E-state index contributed by atoms with van der Waals surface area (Å²) in [6.07, 6.45) is 4.50. The van der Waals surface area contributed by atoms with Gasteiger partial charge >= 0.3 is 0 Å². The highest BCUT2D eigenvalue weighted by molar-refractivity contribution is 8.18. The monoisotopic (exact) mass is 424 g/mol. The molecule has 0 atom stereocenters. The van der Waals surface area contributed by atoms with Crippen LogP contribution in [0.5, 0.6) is 5.75 Å². The van der Waals surface area contributed by atoms with Gasteiger partial charge < -0.3 is 9.72 Å². The first-order chi connectivity index (χ1) is 15.2. The maximum Gasteiger partial charge on any atom is 0.284 e. The third-order valence-corrected chi connectivity index (χ3v) is 6.25. The molecule has 0 saturated carbocycles. The third kappa shape index (κ3) is 4.18. The Kier molecular flexibility index (Phi) is 5.18. The predicted molar refractivity (Wildman–Crippen MR) is 128 cm³/mol. The molecule has 4 aromatic rings. The molecule has 0 unspecified atom stereocenters. The van der Waals surface area contributed by atoms with Gasteiger partial charge in [-0.25, -0.2) is 4.99 Å². The number of rotatable bonds is 5. The standard InChI is InChI=1S/C26H20N2O2S/c1-30-22-9-7-20(8-10-22)19-5-2-17(3-6-19)15-24-26(29)28-25(31-24)16-18-4-11-23-21(14-18)12-13-27-23/h2-15,27H,16H2,1H3. The summed E-state index contributed by atoms with van der Waals surface area (Å²) < 4.78 is 5.22. The van der Waals surface area contributed by atoms with Crippen molar-refractivity contribution in [2.75, 3.05) is 7.11 Å². The minimum atomic E-state index is -0.165. The predicted octanol–water partition coefficient (Wildman–Crippen LogP) is 6.10. The molecule has 4 nitrogen and oxygen atoms in total. The number of carbonyl (C=O) groups excluding carboxylic acids is 1. The number of benzene rings is 3. The van der Waals surface area contributed by atoms with E-state index in [9.17, 15) is 4.79 Å². The largest absolute Gasteiger partial charge is 0.497 e. The average Bonchev–Trinajstić information content (AvgIpc) is 3.40. The zero-order chi connectivity index (χ0) is 21.2. The lowest BCUT2D eigenvalue weighted by Crippen LogP contribution is -1.94. The smallest absolute Gasteiger partial charge is 0.284 e. The van der Waals surface area contributed by atoms with Crippen LogP contribution in [0.1, 0.15) is 11.1 Å². The van der Waals surface area contributed by atoms with E-state index in [2.05, 4.69) is 46.4 Å². The number of nitrogens with zero attached hydrogens (tertiary/aromatic N) is 1. The first-order valence-corrected chi connectivity index (χ1v) is 10.8. The number of nitrogens with one attached hydrogen (secondary N) is 1. The summed E-state index contributed by atoms with van der Waals surface area (Å²) in [5, 5.41) is 2.00. The van der Waals surface area contributed by atoms with Crippen molar-refractivity contribution in [3.05, 3.63) is 95.0 Å². The van der Waals surface area contributed by atoms with E-state index in [1.807, 2.05) is 48.7 Å². The Balaban J connectivity index is 1.29. The lowest BCUT2D eigenvalue weighted by molar-refractivity contribution is -0.113. The number of aliphatic imine (C=N–C) groups is 1. The summed E-state index contributed by atoms with van der Waals surface area (Å²) in [6, 6.07) is 24.5. The van der Waals surface area contributed by atoms with Crippen molar-refractivity contribution < 1.29 is 9.53 Å². The highest BCUT2D eigenvalue weighted by Crippen LogP contribution is 2.31. The Morgan fingerprint density at radius 1 is 0.968 bits per heavy atom. The number of hydrogen-bond acceptors (Lipinski definition) is 3. The Labute approximate surface area is 184 Å². The summed E-state index contributed by atoms with van der Waals surface area (Å²) in [4.78, 5) is 20.5. The fraction of sp³-hybridized carbons (Fsp3) is 0.0769. The molecule has 5 rings (SSSR count). The first-order valence-electron chi connectivity index (χ1n) is 10.00. The van der Waals surface area contributed by atoms with Gasteiger partial charge in [0.1, 0.15) is 5.75 Å². The molecule has 1 aliphatic heterocycles. The van der Waals surface area contributed by atoms with E-state index in [0.29, 0.717) is 11.3 Å². The molecule has 0 fully saturated rings. The van der Waals surface area contributed by atoms with Crippen LogP contribution in [-0.4, -0.2) is 23.0 Å². The summed E-state index contributed by atoms with van der Waals surface area (Å²) in [7, 11) is 1.66. The van der Waals surface area contributed by atoms with Crippen molar-refractivity contribution >= 4 is 39.7 Å². The number of hydrogen-bond donors (Lipinski definition) is 1. The number of methoxy groups -OCH3 is 1. The van der Waals surface area contributed by atoms with Crippen LogP contribution < -0.4 is 4.74 Å². The lowest BCUT2D eigenvalue weighted by atomic mass is 10.0. The molecule has 0 saturated heterocycles. The third-order valence-electron chi connectivity index (χ3n) is 5.27. The van der Waals surface area contributed by atoms with Gasteiger partial charge in [-0.1, -0.05) is 54.2 Å². The zero-order valence-electron chi connectivity index (χ0n) is 17.0. The van der Waals surface area contributed by atoms with Gasteiger partial charge in [-0.15, -0.1) is 0 Å². The second kappa shape index (κ2) is 8.28. The molecule has 2 heterocycles. The number of thioether (sulfide) groups is 1. The molecule has 5 heteroatoms. The van der Waals surface area contributed by atoms with Crippen LogP contribution in [0.2, 0.25) is 0 Å². The zero-order valence-corrected chi connectivity index (χ0v) is 17.8. The van der Waals surface area contributed by atoms with Gasteiger partial charge in [0.25, 0.3) is 5.91 Å². The molecule has 152 valence electrons. The van der Waals surface area contributed by atoms with Crippen molar-refractivity contribution in [2.24, 2.45) is 4.99 Å². The summed E-state index contributed by atoms with van der Waals surface area (Å²) in [5.41, 5.74) is 5.48. The van der Waals surface area contributed by atoms with Crippen LogP contribution in [0, 0.1) is 0 Å². The van der Waals surface area contributed by atoms with Crippen molar-refractivity contribution in [1.29, 1.82) is 0 Å². The molecule has 1 aromatic heterocycles. The van der Waals surface area contributed by atoms with Crippen LogP contribution in [0.15, 0.2) is 88.9 Å². The van der Waals surface area contributed by atoms with Crippen molar-refractivity contribution in [3.63, 3.8) is 0 Å². The van der Waals surface area contributed by atoms with E-state index >= 15 is 0 Å². The molecule has 1 N–H and O–H groups in total. The van der Waals surface area contributed by atoms with Gasteiger partial charge in [0.05, 0.1) is 17.1 Å². The van der Waals surface area contributed by atoms with Crippen LogP contribution in [-0.2, 0) is 11.2 Å². The molecular formula is C26H20N2O2S. The highest BCUT2D eigenvalue weighted by atomic mass is 32.2. The van der Waals surface area contributed by atoms with Crippen LogP contribution in [0.3, 0.4) is 0 Å². The van der Waals surface area contributed by atoms with Gasteiger partial charge in [-0.05, 0) is 64.0 Å². The summed E-state index contributed by atoms with van der Waals surface area (Å²) in [5.74, 6) is 0.674. The average molecular weight is 425 g/mol. The van der Waals surface area contributed by atoms with Crippen LogP contribution in [0.4, 0.5) is 0 Å². The van der Waals surface area contributed by atoms with Crippen molar-refractivity contribution in [3.8, 4) is 16.9 Å². The van der Waals surface area contributed by atoms with Crippen molar-refractivity contribution in [1.82, 2.24) is 4.98 Å². The first kappa shape index (κ1) is 19.4. The maximum atomic E-state index is 12.4. The number of aromatic amines is 1. The minimum absolute atomic E-state index is 0.165. The second-order valence-corrected chi connectivity index (χ2v) is 8.46. The number of H-pyrrole nitrogens is 1. The molecule has 1 amide bonds. The van der Waals surface area contributed by atoms with E-state index in [4.69, 9.17) is 4.74 Å². The molecule has 0 spiro atoms. The Morgan fingerprint density at radius 2 is 1.71 bits per heavy atom. The van der Waals surface area contributed by atoms with E-state index < -0.39 is 0 Å². The molecule has 0 aliphatic carbocycles. The quantitative estimate of drug-likeness (QED) is 0.394. The molecular weight excluding hydrogens is 404 g/mol. The molecule has 1 aliphatic rings. The number of aromatic nitrogens is 1. The number of ether oxygens (including phenoxy) is 1.